The van der Waals surface area contributed by atoms with E-state index in [4.69, 9.17) is 9.47 Å². The number of hydrogen-bond donors (Lipinski definition) is 1. The van der Waals surface area contributed by atoms with E-state index in [1.54, 1.807) is 20.4 Å². The van der Waals surface area contributed by atoms with Crippen LogP contribution >= 0.6 is 11.8 Å². The number of nitrogens with one attached hydrogen (secondary N) is 1. The molecule has 0 aliphatic heterocycles. The van der Waals surface area contributed by atoms with Crippen LogP contribution in [0.1, 0.15) is 31.9 Å². The number of carbonyl (C=O) groups is 1. The maximum Gasteiger partial charge on any atom is 0.250 e. The van der Waals surface area contributed by atoms with E-state index >= 15 is 0 Å². The molecule has 0 bridgehead atoms. The zero-order chi connectivity index (χ0) is 27.1. The number of benzene rings is 3. The van der Waals surface area contributed by atoms with Crippen LogP contribution in [0.25, 0.3) is 17.1 Å². The second kappa shape index (κ2) is 12.0. The minimum Gasteiger partial charge on any atom is -0.497 e. The molecule has 8 nitrogen and oxygen atoms in total. The molecular weight excluding hydrogens is 498 g/mol. The molecule has 4 aromatic rings. The van der Waals surface area contributed by atoms with Crippen LogP contribution in [0.3, 0.4) is 0 Å². The van der Waals surface area contributed by atoms with E-state index in [1.165, 1.54) is 17.3 Å². The molecule has 4 rings (SSSR count). The van der Waals surface area contributed by atoms with Crippen LogP contribution in [0.2, 0.25) is 0 Å². The van der Waals surface area contributed by atoms with Crippen LogP contribution in [0.15, 0.2) is 83.1 Å². The summed E-state index contributed by atoms with van der Waals surface area (Å²) in [6.07, 6.45) is 1.56. The van der Waals surface area contributed by atoms with Crippen LogP contribution in [0, 0.1) is 0 Å². The second-order valence-corrected chi connectivity index (χ2v) is 10.4. The van der Waals surface area contributed by atoms with E-state index in [2.05, 4.69) is 65.8 Å². The highest BCUT2D eigenvalue weighted by Gasteiger charge is 2.19. The van der Waals surface area contributed by atoms with Gasteiger partial charge in [0.2, 0.25) is 0 Å². The van der Waals surface area contributed by atoms with Gasteiger partial charge in [-0.05, 0) is 47.4 Å². The Morgan fingerprint density at radius 3 is 2.34 bits per heavy atom. The van der Waals surface area contributed by atoms with Gasteiger partial charge in [0.15, 0.2) is 11.0 Å². The molecule has 1 heterocycles. The van der Waals surface area contributed by atoms with E-state index in [-0.39, 0.29) is 17.1 Å². The molecule has 3 aromatic carbocycles. The van der Waals surface area contributed by atoms with Gasteiger partial charge in [0.05, 0.1) is 26.2 Å². The van der Waals surface area contributed by atoms with Gasteiger partial charge in [0.25, 0.3) is 5.91 Å². The van der Waals surface area contributed by atoms with Crippen LogP contribution in [0.5, 0.6) is 11.5 Å². The van der Waals surface area contributed by atoms with Crippen LogP contribution in [-0.4, -0.2) is 46.9 Å². The molecule has 0 unspecified atom stereocenters. The Kier molecular flexibility index (Phi) is 8.48. The Morgan fingerprint density at radius 1 is 0.974 bits per heavy atom. The number of hydrazone groups is 1. The zero-order valence-corrected chi connectivity index (χ0v) is 23.0. The van der Waals surface area contributed by atoms with Gasteiger partial charge in [-0.1, -0.05) is 68.9 Å². The lowest BCUT2D eigenvalue weighted by Gasteiger charge is -2.19. The van der Waals surface area contributed by atoms with Crippen molar-refractivity contribution in [1.29, 1.82) is 0 Å². The van der Waals surface area contributed by atoms with E-state index in [0.717, 1.165) is 22.6 Å². The fourth-order valence-electron chi connectivity index (χ4n) is 3.74. The zero-order valence-electron chi connectivity index (χ0n) is 22.1. The third kappa shape index (κ3) is 6.41. The average Bonchev–Trinajstić information content (AvgIpc) is 3.35. The van der Waals surface area contributed by atoms with E-state index < -0.39 is 0 Å². The normalized spacial score (nSPS) is 11.5. The first kappa shape index (κ1) is 26.9. The fourth-order valence-corrected chi connectivity index (χ4v) is 4.49. The molecular formula is C29H31N5O3S. The Labute approximate surface area is 227 Å². The molecule has 196 valence electrons. The highest BCUT2D eigenvalue weighted by Crippen LogP contribution is 2.30. The van der Waals surface area contributed by atoms with Crippen molar-refractivity contribution in [3.63, 3.8) is 0 Å². The van der Waals surface area contributed by atoms with Crippen molar-refractivity contribution in [2.75, 3.05) is 20.0 Å². The maximum absolute atomic E-state index is 12.5. The summed E-state index contributed by atoms with van der Waals surface area (Å²) < 4.78 is 12.6. The van der Waals surface area contributed by atoms with Gasteiger partial charge >= 0.3 is 0 Å². The number of thioether (sulfide) groups is 1. The first-order valence-corrected chi connectivity index (χ1v) is 13.1. The van der Waals surface area contributed by atoms with Crippen molar-refractivity contribution >= 4 is 23.9 Å². The Balaban J connectivity index is 1.55. The number of nitrogens with zero attached hydrogens (tertiary/aromatic N) is 4. The summed E-state index contributed by atoms with van der Waals surface area (Å²) in [5.41, 5.74) is 6.41. The van der Waals surface area contributed by atoms with Crippen molar-refractivity contribution in [2.45, 2.75) is 31.3 Å². The monoisotopic (exact) mass is 529 g/mol. The SMILES string of the molecule is COc1ccc(-n2c(SCC(=O)N/N=C\c3ccccc3OC)nnc2-c2ccc(C(C)(C)C)cc2)cc1. The number of hydrogen-bond acceptors (Lipinski definition) is 7. The van der Waals surface area contributed by atoms with Crippen molar-refractivity contribution in [2.24, 2.45) is 5.10 Å². The summed E-state index contributed by atoms with van der Waals surface area (Å²) in [6, 6.07) is 23.4. The molecule has 0 aliphatic carbocycles. The standard InChI is InChI=1S/C29H31N5O3S/c1-29(2,3)22-12-10-20(11-13-22)27-32-33-28(34(27)23-14-16-24(36-4)17-15-23)38-19-26(35)31-30-18-21-8-6-7-9-25(21)37-5/h6-18H,19H2,1-5H3,(H,31,35)/b30-18-. The lowest BCUT2D eigenvalue weighted by Crippen LogP contribution is -2.20. The van der Waals surface area contributed by atoms with Gasteiger partial charge in [-0.25, -0.2) is 5.43 Å². The Hall–Kier alpha value is -4.11. The van der Waals surface area contributed by atoms with Crippen LogP contribution < -0.4 is 14.9 Å². The third-order valence-corrected chi connectivity index (χ3v) is 6.77. The fraction of sp³-hybridized carbons (Fsp3) is 0.241. The smallest absolute Gasteiger partial charge is 0.250 e. The molecule has 0 saturated carbocycles. The topological polar surface area (TPSA) is 90.6 Å². The number of amides is 1. The minimum absolute atomic E-state index is 0.0463. The summed E-state index contributed by atoms with van der Waals surface area (Å²) in [6.45, 7) is 6.55. The molecule has 0 fully saturated rings. The third-order valence-electron chi connectivity index (χ3n) is 5.84. The van der Waals surface area contributed by atoms with Crippen LogP contribution in [-0.2, 0) is 10.2 Å². The minimum atomic E-state index is -0.262. The first-order valence-electron chi connectivity index (χ1n) is 12.1. The summed E-state index contributed by atoms with van der Waals surface area (Å²) in [5.74, 6) is 1.96. The number of rotatable bonds is 9. The van der Waals surface area contributed by atoms with Crippen molar-refractivity contribution in [1.82, 2.24) is 20.2 Å². The molecule has 1 N–H and O–H groups in total. The quantitative estimate of drug-likeness (QED) is 0.175. The number of carbonyl (C=O) groups excluding carboxylic acids is 1. The number of methoxy groups -OCH3 is 2. The molecule has 1 aromatic heterocycles. The summed E-state index contributed by atoms with van der Waals surface area (Å²) in [5, 5.41) is 13.6. The number of para-hydroxylation sites is 1. The first-order chi connectivity index (χ1) is 18.3. The van der Waals surface area contributed by atoms with Crippen molar-refractivity contribution in [3.05, 3.63) is 83.9 Å². The number of aromatic nitrogens is 3. The second-order valence-electron chi connectivity index (χ2n) is 9.49. The maximum atomic E-state index is 12.5. The summed E-state index contributed by atoms with van der Waals surface area (Å²) in [4.78, 5) is 12.5. The highest BCUT2D eigenvalue weighted by molar-refractivity contribution is 7.99. The molecule has 0 radical (unpaired) electrons. The van der Waals surface area contributed by atoms with Crippen molar-refractivity contribution < 1.29 is 14.3 Å². The molecule has 0 atom stereocenters. The van der Waals surface area contributed by atoms with E-state index in [0.29, 0.717) is 16.7 Å². The Bertz CT molecular complexity index is 1410. The molecule has 1 amide bonds. The van der Waals surface area contributed by atoms with Gasteiger partial charge in [0.1, 0.15) is 11.5 Å². The van der Waals surface area contributed by atoms with Gasteiger partial charge in [0, 0.05) is 16.8 Å². The van der Waals surface area contributed by atoms with E-state index in [1.807, 2.05) is 53.1 Å². The Morgan fingerprint density at radius 2 is 1.68 bits per heavy atom. The van der Waals surface area contributed by atoms with Gasteiger partial charge in [-0.2, -0.15) is 5.10 Å². The molecule has 0 spiro atoms. The summed E-state index contributed by atoms with van der Waals surface area (Å²) in [7, 11) is 3.22. The number of ether oxygens (including phenoxy) is 2. The molecule has 38 heavy (non-hydrogen) atoms. The van der Waals surface area contributed by atoms with E-state index in [9.17, 15) is 4.79 Å². The lowest BCUT2D eigenvalue weighted by atomic mass is 9.87. The largest absolute Gasteiger partial charge is 0.497 e. The average molecular weight is 530 g/mol. The molecule has 0 aliphatic rings. The predicted molar refractivity (Wildman–Crippen MR) is 152 cm³/mol. The van der Waals surface area contributed by atoms with Crippen LogP contribution in [0.4, 0.5) is 0 Å². The predicted octanol–water partition coefficient (Wildman–Crippen LogP) is 5.49. The molecule has 0 saturated heterocycles. The van der Waals surface area contributed by atoms with Crippen molar-refractivity contribution in [3.8, 4) is 28.6 Å². The van der Waals surface area contributed by atoms with Gasteiger partial charge in [-0.3, -0.25) is 9.36 Å². The molecule has 9 heteroatoms. The lowest BCUT2D eigenvalue weighted by molar-refractivity contribution is -0.118. The van der Waals surface area contributed by atoms with Gasteiger partial charge < -0.3 is 9.47 Å². The summed E-state index contributed by atoms with van der Waals surface area (Å²) >= 11 is 1.28. The highest BCUT2D eigenvalue weighted by atomic mass is 32.2. The van der Waals surface area contributed by atoms with Gasteiger partial charge in [-0.15, -0.1) is 10.2 Å².